The van der Waals surface area contributed by atoms with Crippen molar-refractivity contribution in [2.45, 2.75) is 215 Å². The van der Waals surface area contributed by atoms with Gasteiger partial charge in [-0.1, -0.05) is 0 Å². The van der Waals surface area contributed by atoms with Crippen LogP contribution in [0.25, 0.3) is 0 Å². The Balaban J connectivity index is 0.906. The molecule has 36 heteroatoms. The van der Waals surface area contributed by atoms with Gasteiger partial charge >= 0.3 is 0 Å². The second kappa shape index (κ2) is 28.6. The normalized spacial score (nSPS) is 53.1. The van der Waals surface area contributed by atoms with Gasteiger partial charge in [0.1, 0.15) is 165 Å². The fourth-order valence-electron chi connectivity index (χ4n) is 10.4. The minimum atomic E-state index is -2.11. The fraction of sp³-hybridized carbons (Fsp3) is 1.00. The summed E-state index contributed by atoms with van der Waals surface area (Å²) in [5.41, 5.74) is 0. The van der Waals surface area contributed by atoms with Crippen LogP contribution in [-0.4, -0.2) is 379 Å². The number of aliphatic hydroxyl groups excluding tert-OH is 19. The summed E-state index contributed by atoms with van der Waals surface area (Å²) >= 11 is 0. The van der Waals surface area contributed by atoms with E-state index in [1.54, 1.807) is 0 Å². The zero-order chi connectivity index (χ0) is 58.9. The van der Waals surface area contributed by atoms with E-state index in [4.69, 9.17) is 80.5 Å². The van der Waals surface area contributed by atoms with Gasteiger partial charge in [0.25, 0.3) is 0 Å². The average Bonchev–Trinajstić information content (AvgIpc) is 3.53. The van der Waals surface area contributed by atoms with Crippen molar-refractivity contribution in [1.29, 1.82) is 0 Å². The molecule has 3 unspecified atom stereocenters. The summed E-state index contributed by atoms with van der Waals surface area (Å²) < 4.78 is 94.4. The van der Waals surface area contributed by atoms with Crippen LogP contribution < -0.4 is 0 Å². The molecule has 0 saturated carbocycles. The van der Waals surface area contributed by atoms with Gasteiger partial charge in [-0.2, -0.15) is 0 Å². The van der Waals surface area contributed by atoms with E-state index in [9.17, 15) is 97.0 Å². The van der Waals surface area contributed by atoms with Crippen LogP contribution in [0.4, 0.5) is 0 Å². The molecular formula is C45H76O36. The SMILES string of the molecule is COC[C@H]1OC(O[C@@H]2[C@H](O)[C@H](O[C@@H]3[C@H](O)[C@H](O[C@@H]4[C@H](O)[C@@H](O[C@H]5[C@H](O)[C@@H](COC)OC(O[C@H]6[C@H](O)[C@@H](CO)OC(O[C@@H]7[C@H](O)[C@H](O)OC[C@H]7O)[C@H]6O)[C@@H]5O)OC[C@H]4O)OC[C@H]3O)OC[C@H]2O)[C@H](O)[C@@H](O[C@H]2OC[C@@H](O)[C@H](O)[C@@H]2O)[C@@H]1O. The molecule has 0 radical (unpaired) electrons. The first-order chi connectivity index (χ1) is 38.5. The molecule has 0 spiro atoms. The lowest BCUT2D eigenvalue weighted by Crippen LogP contribution is -2.67. The number of methoxy groups -OCH3 is 2. The van der Waals surface area contributed by atoms with Gasteiger partial charge in [0.15, 0.2) is 50.3 Å². The lowest BCUT2D eigenvalue weighted by Gasteiger charge is -2.49. The van der Waals surface area contributed by atoms with Crippen LogP contribution in [0.5, 0.6) is 0 Å². The Hall–Kier alpha value is -1.44. The van der Waals surface area contributed by atoms with Crippen molar-refractivity contribution < 1.29 is 178 Å². The third-order valence-electron chi connectivity index (χ3n) is 15.0. The molecule has 8 aliphatic rings. The summed E-state index contributed by atoms with van der Waals surface area (Å²) in [5, 5.41) is 207. The lowest BCUT2D eigenvalue weighted by molar-refractivity contribution is -0.390. The highest BCUT2D eigenvalue weighted by Gasteiger charge is 2.57. The molecule has 8 rings (SSSR count). The van der Waals surface area contributed by atoms with E-state index in [1.165, 1.54) is 14.2 Å². The van der Waals surface area contributed by atoms with E-state index in [-0.39, 0.29) is 6.61 Å². The second-order valence-electron chi connectivity index (χ2n) is 20.7. The Kier molecular flexibility index (Phi) is 23.1. The topological polar surface area (TPSA) is 541 Å². The smallest absolute Gasteiger partial charge is 0.187 e. The molecule has 8 heterocycles. The Labute approximate surface area is 459 Å². The number of ether oxygens (including phenoxy) is 17. The van der Waals surface area contributed by atoms with Crippen LogP contribution in [0.3, 0.4) is 0 Å². The first-order valence-corrected chi connectivity index (χ1v) is 26.0. The molecule has 0 aromatic rings. The van der Waals surface area contributed by atoms with Gasteiger partial charge in [0, 0.05) is 14.2 Å². The molecule has 81 heavy (non-hydrogen) atoms. The molecule has 8 saturated heterocycles. The summed E-state index contributed by atoms with van der Waals surface area (Å²) in [4.78, 5) is 0. The first kappa shape index (κ1) is 65.5. The largest absolute Gasteiger partial charge is 0.394 e. The van der Waals surface area contributed by atoms with Gasteiger partial charge in [0.05, 0.1) is 52.9 Å². The summed E-state index contributed by atoms with van der Waals surface area (Å²) in [6, 6.07) is 0. The van der Waals surface area contributed by atoms with Crippen LogP contribution in [0.15, 0.2) is 0 Å². The standard InChI is InChI=1S/C45H76O36/c1-65-9-17-21(54)36(79-39-23(56)19(52)11(47)4-68-39)29(62)44(73-17)78-34-15(51)8-70-41(27(34)60)75-32-13(49)6-69-40(25(32)58)76-33-14(50)7-71-42(26(33)59)80-37-22(55)18(10-66-2)74-45(30(37)63)81-35-20(53)16(3-46)72-43(28(35)61)77-31-12(48)5-67-38(64)24(31)57/h11-64H,3-10H2,1-2H3/t11-,12-,13-,14-,15-,16-,17-,18-,19+,20-,21-,22-,23+,24+,25+,26+,27+,28+,29-,30-,31+,32+,33+,34+,35+,36+,37+,38-,39-,40+,41+,42-,43?,44?,45?/m1/s1. The maximum atomic E-state index is 11.6. The number of aliphatic hydroxyl groups is 19. The Morgan fingerprint density at radius 3 is 0.926 bits per heavy atom. The van der Waals surface area contributed by atoms with Gasteiger partial charge in [0.2, 0.25) is 0 Å². The summed E-state index contributed by atoms with van der Waals surface area (Å²) in [6.07, 6.45) is -63.0. The van der Waals surface area contributed by atoms with Crippen molar-refractivity contribution in [3.63, 3.8) is 0 Å². The maximum absolute atomic E-state index is 11.6. The minimum Gasteiger partial charge on any atom is -0.394 e. The Morgan fingerprint density at radius 2 is 0.556 bits per heavy atom. The van der Waals surface area contributed by atoms with Crippen LogP contribution in [0, 0.1) is 0 Å². The third-order valence-corrected chi connectivity index (χ3v) is 15.0. The molecule has 8 aliphatic heterocycles. The van der Waals surface area contributed by atoms with Crippen molar-refractivity contribution >= 4 is 0 Å². The average molecular weight is 1190 g/mol. The lowest BCUT2D eigenvalue weighted by atomic mass is 9.96. The molecule has 0 amide bonds. The zero-order valence-corrected chi connectivity index (χ0v) is 43.3. The molecule has 19 N–H and O–H groups in total. The van der Waals surface area contributed by atoms with Crippen molar-refractivity contribution in [3.8, 4) is 0 Å². The highest BCUT2D eigenvalue weighted by atomic mass is 16.8. The van der Waals surface area contributed by atoms with Crippen molar-refractivity contribution in [2.24, 2.45) is 0 Å². The van der Waals surface area contributed by atoms with Crippen molar-refractivity contribution in [1.82, 2.24) is 0 Å². The highest BCUT2D eigenvalue weighted by Crippen LogP contribution is 2.37. The van der Waals surface area contributed by atoms with Crippen molar-refractivity contribution in [2.75, 3.05) is 67.1 Å². The molecule has 472 valence electrons. The molecule has 0 aromatic heterocycles. The molecular weight excluding hydrogens is 1120 g/mol. The summed E-state index contributed by atoms with van der Waals surface area (Å²) in [6.45, 7) is -4.66. The quantitative estimate of drug-likeness (QED) is 0.0571. The number of hydrogen-bond donors (Lipinski definition) is 19. The van der Waals surface area contributed by atoms with Gasteiger partial charge in [-0.05, 0) is 0 Å². The van der Waals surface area contributed by atoms with E-state index in [1.807, 2.05) is 0 Å². The molecule has 0 aliphatic carbocycles. The predicted octanol–water partition coefficient (Wildman–Crippen LogP) is -13.9. The monoisotopic (exact) mass is 1190 g/mol. The zero-order valence-electron chi connectivity index (χ0n) is 43.3. The van der Waals surface area contributed by atoms with E-state index in [2.05, 4.69) is 0 Å². The second-order valence-corrected chi connectivity index (χ2v) is 20.7. The van der Waals surface area contributed by atoms with Crippen LogP contribution in [0.2, 0.25) is 0 Å². The van der Waals surface area contributed by atoms with Crippen molar-refractivity contribution in [3.05, 3.63) is 0 Å². The molecule has 0 bridgehead atoms. The minimum absolute atomic E-state index is 0.338. The van der Waals surface area contributed by atoms with E-state index >= 15 is 0 Å². The van der Waals surface area contributed by atoms with Crippen LogP contribution in [0.1, 0.15) is 0 Å². The summed E-state index contributed by atoms with van der Waals surface area (Å²) in [7, 11) is 2.48. The highest BCUT2D eigenvalue weighted by molar-refractivity contribution is 4.99. The fourth-order valence-corrected chi connectivity index (χ4v) is 10.4. The van der Waals surface area contributed by atoms with Gasteiger partial charge in [-0.25, -0.2) is 0 Å². The number of rotatable bonds is 19. The molecule has 36 nitrogen and oxygen atoms in total. The van der Waals surface area contributed by atoms with Crippen LogP contribution >= 0.6 is 0 Å². The van der Waals surface area contributed by atoms with Gasteiger partial charge in [-0.15, -0.1) is 0 Å². The summed E-state index contributed by atoms with van der Waals surface area (Å²) in [5.74, 6) is 0. The van der Waals surface area contributed by atoms with E-state index in [0.29, 0.717) is 0 Å². The first-order valence-electron chi connectivity index (χ1n) is 26.0. The van der Waals surface area contributed by atoms with E-state index in [0.717, 1.165) is 0 Å². The maximum Gasteiger partial charge on any atom is 0.187 e. The molecule has 0 aromatic carbocycles. The van der Waals surface area contributed by atoms with E-state index < -0.39 is 261 Å². The van der Waals surface area contributed by atoms with Crippen LogP contribution in [-0.2, 0) is 80.5 Å². The predicted molar refractivity (Wildman–Crippen MR) is 244 cm³/mol. The molecule has 35 atom stereocenters. The Morgan fingerprint density at radius 1 is 0.284 bits per heavy atom. The molecule has 8 fully saturated rings. The number of hydrogen-bond acceptors (Lipinski definition) is 36. The third kappa shape index (κ3) is 14.3. The van der Waals surface area contributed by atoms with Gasteiger partial charge < -0.3 is 178 Å². The van der Waals surface area contributed by atoms with Gasteiger partial charge in [-0.3, -0.25) is 0 Å². The Bertz CT molecular complexity index is 1910.